The Balaban J connectivity index is 1.53. The maximum absolute atomic E-state index is 4.96. The van der Waals surface area contributed by atoms with Gasteiger partial charge in [0.05, 0.1) is 23.1 Å². The van der Waals surface area contributed by atoms with Crippen LogP contribution < -0.4 is 5.32 Å². The topological polar surface area (TPSA) is 79.4 Å². The zero-order chi connectivity index (χ0) is 22.0. The van der Waals surface area contributed by atoms with E-state index in [0.29, 0.717) is 12.4 Å². The standard InChI is InChI=1S/C27H20N6/c1-2-7-18(8-3-1)22-10-6-11-23-24(22)27(31-17-21-9-4-5-13-28-21)33-26(32-23)20-15-19-12-14-29-25(19)30-16-20/h1-16H,17H2,(H,29,30)(H,31,32,33). The van der Waals surface area contributed by atoms with Crippen LogP contribution in [0.4, 0.5) is 5.82 Å². The molecule has 6 nitrogen and oxygen atoms in total. The first-order chi connectivity index (χ1) is 16.3. The van der Waals surface area contributed by atoms with Gasteiger partial charge in [0.1, 0.15) is 11.5 Å². The van der Waals surface area contributed by atoms with Crippen LogP contribution in [0.15, 0.2) is 97.5 Å². The van der Waals surface area contributed by atoms with Gasteiger partial charge in [0.2, 0.25) is 0 Å². The third-order valence-electron chi connectivity index (χ3n) is 5.63. The van der Waals surface area contributed by atoms with Crippen LogP contribution in [-0.4, -0.2) is 24.9 Å². The van der Waals surface area contributed by atoms with Crippen LogP contribution in [0.3, 0.4) is 0 Å². The van der Waals surface area contributed by atoms with Crippen LogP contribution in [0.25, 0.3) is 44.5 Å². The highest BCUT2D eigenvalue weighted by molar-refractivity contribution is 6.02. The number of nitrogens with one attached hydrogen (secondary N) is 2. The molecule has 0 saturated heterocycles. The molecule has 33 heavy (non-hydrogen) atoms. The molecule has 0 saturated carbocycles. The maximum atomic E-state index is 4.96. The molecule has 0 bridgehead atoms. The van der Waals surface area contributed by atoms with Crippen molar-refractivity contribution >= 4 is 27.8 Å². The average molecular weight is 428 g/mol. The molecule has 4 aromatic heterocycles. The molecule has 6 heteroatoms. The number of hydrogen-bond acceptors (Lipinski definition) is 5. The first-order valence-corrected chi connectivity index (χ1v) is 10.8. The van der Waals surface area contributed by atoms with Crippen molar-refractivity contribution in [2.24, 2.45) is 0 Å². The van der Waals surface area contributed by atoms with Crippen LogP contribution in [0, 0.1) is 0 Å². The summed E-state index contributed by atoms with van der Waals surface area (Å²) in [5.74, 6) is 1.40. The van der Waals surface area contributed by atoms with Crippen molar-refractivity contribution in [2.75, 3.05) is 5.32 Å². The Morgan fingerprint density at radius 1 is 0.788 bits per heavy atom. The molecule has 6 aromatic rings. The summed E-state index contributed by atoms with van der Waals surface area (Å²) in [6.45, 7) is 0.560. The summed E-state index contributed by atoms with van der Waals surface area (Å²) >= 11 is 0. The molecule has 0 spiro atoms. The Hall–Kier alpha value is -4.58. The van der Waals surface area contributed by atoms with Gasteiger partial charge in [-0.3, -0.25) is 4.98 Å². The summed E-state index contributed by atoms with van der Waals surface area (Å²) in [5.41, 5.74) is 5.74. The normalized spacial score (nSPS) is 11.2. The smallest absolute Gasteiger partial charge is 0.163 e. The molecule has 0 amide bonds. The third-order valence-corrected chi connectivity index (χ3v) is 5.63. The maximum Gasteiger partial charge on any atom is 0.163 e. The molecule has 0 aliphatic rings. The van der Waals surface area contributed by atoms with Gasteiger partial charge < -0.3 is 10.3 Å². The highest BCUT2D eigenvalue weighted by Gasteiger charge is 2.15. The molecule has 158 valence electrons. The van der Waals surface area contributed by atoms with E-state index in [9.17, 15) is 0 Å². The van der Waals surface area contributed by atoms with Crippen LogP contribution >= 0.6 is 0 Å². The van der Waals surface area contributed by atoms with E-state index in [2.05, 4.69) is 44.5 Å². The number of anilines is 1. The van der Waals surface area contributed by atoms with Crippen LogP contribution in [0.2, 0.25) is 0 Å². The van der Waals surface area contributed by atoms with Crippen LogP contribution in [-0.2, 0) is 6.54 Å². The lowest BCUT2D eigenvalue weighted by Crippen LogP contribution is -2.06. The molecule has 0 radical (unpaired) electrons. The monoisotopic (exact) mass is 428 g/mol. The number of fused-ring (bicyclic) bond motifs is 2. The van der Waals surface area contributed by atoms with Gasteiger partial charge in [-0.05, 0) is 41.5 Å². The van der Waals surface area contributed by atoms with E-state index in [-0.39, 0.29) is 0 Å². The van der Waals surface area contributed by atoms with Crippen molar-refractivity contribution in [3.05, 3.63) is 103 Å². The summed E-state index contributed by atoms with van der Waals surface area (Å²) < 4.78 is 0. The summed E-state index contributed by atoms with van der Waals surface area (Å²) in [6, 6.07) is 26.5. The Bertz CT molecular complexity index is 1560. The molecule has 4 heterocycles. The van der Waals surface area contributed by atoms with Gasteiger partial charge in [0.15, 0.2) is 5.82 Å². The van der Waals surface area contributed by atoms with Gasteiger partial charge in [-0.1, -0.05) is 48.5 Å². The first kappa shape index (κ1) is 19.1. The molecule has 2 aromatic carbocycles. The minimum atomic E-state index is 0.560. The van der Waals surface area contributed by atoms with Crippen molar-refractivity contribution < 1.29 is 0 Å². The van der Waals surface area contributed by atoms with Gasteiger partial charge >= 0.3 is 0 Å². The molecular formula is C27H20N6. The minimum absolute atomic E-state index is 0.560. The fourth-order valence-corrected chi connectivity index (χ4v) is 4.04. The average Bonchev–Trinajstić information content (AvgIpc) is 3.36. The molecule has 0 unspecified atom stereocenters. The highest BCUT2D eigenvalue weighted by Crippen LogP contribution is 2.34. The van der Waals surface area contributed by atoms with Gasteiger partial charge in [0.25, 0.3) is 0 Å². The van der Waals surface area contributed by atoms with Crippen molar-refractivity contribution in [3.63, 3.8) is 0 Å². The fourth-order valence-electron chi connectivity index (χ4n) is 4.04. The number of rotatable bonds is 5. The molecule has 0 atom stereocenters. The number of aromatic amines is 1. The molecule has 6 rings (SSSR count). The number of nitrogens with zero attached hydrogens (tertiary/aromatic N) is 4. The number of hydrogen-bond donors (Lipinski definition) is 2. The van der Waals surface area contributed by atoms with E-state index < -0.39 is 0 Å². The zero-order valence-corrected chi connectivity index (χ0v) is 17.7. The zero-order valence-electron chi connectivity index (χ0n) is 17.7. The molecule has 0 fully saturated rings. The molecule has 2 N–H and O–H groups in total. The second-order valence-corrected chi connectivity index (χ2v) is 7.78. The van der Waals surface area contributed by atoms with E-state index in [1.54, 1.807) is 6.20 Å². The second kappa shape index (κ2) is 8.16. The predicted octanol–water partition coefficient (Wildman–Crippen LogP) is 5.85. The van der Waals surface area contributed by atoms with Crippen molar-refractivity contribution in [1.29, 1.82) is 0 Å². The van der Waals surface area contributed by atoms with E-state index in [1.807, 2.05) is 67.0 Å². The lowest BCUT2D eigenvalue weighted by atomic mass is 10.0. The number of aromatic nitrogens is 5. The molecule has 0 aliphatic carbocycles. The van der Waals surface area contributed by atoms with Crippen LogP contribution in [0.1, 0.15) is 5.69 Å². The van der Waals surface area contributed by atoms with E-state index >= 15 is 0 Å². The van der Waals surface area contributed by atoms with Crippen molar-refractivity contribution in [3.8, 4) is 22.5 Å². The number of H-pyrrole nitrogens is 1. The fraction of sp³-hybridized carbons (Fsp3) is 0.0370. The minimum Gasteiger partial charge on any atom is -0.364 e. The van der Waals surface area contributed by atoms with Crippen LogP contribution in [0.5, 0.6) is 0 Å². The Morgan fingerprint density at radius 3 is 2.58 bits per heavy atom. The molecular weight excluding hydrogens is 408 g/mol. The number of benzene rings is 2. The summed E-state index contributed by atoms with van der Waals surface area (Å²) in [6.07, 6.45) is 5.49. The number of pyridine rings is 2. The summed E-state index contributed by atoms with van der Waals surface area (Å²) in [7, 11) is 0. The van der Waals surface area contributed by atoms with Gasteiger partial charge in [0, 0.05) is 29.5 Å². The summed E-state index contributed by atoms with van der Waals surface area (Å²) in [4.78, 5) is 22.0. The van der Waals surface area contributed by atoms with Crippen molar-refractivity contribution in [1.82, 2.24) is 24.9 Å². The quantitative estimate of drug-likeness (QED) is 0.360. The predicted molar refractivity (Wildman–Crippen MR) is 132 cm³/mol. The SMILES string of the molecule is c1ccc(-c2cccc3nc(-c4cnc5[nH]ccc5c4)nc(NCc4ccccn4)c23)cc1. The Kier molecular flexibility index (Phi) is 4.73. The van der Waals surface area contributed by atoms with E-state index in [1.165, 1.54) is 0 Å². The largest absolute Gasteiger partial charge is 0.364 e. The summed E-state index contributed by atoms with van der Waals surface area (Å²) in [5, 5.41) is 5.53. The lowest BCUT2D eigenvalue weighted by molar-refractivity contribution is 1.03. The second-order valence-electron chi connectivity index (χ2n) is 7.78. The Morgan fingerprint density at radius 2 is 1.70 bits per heavy atom. The molecule has 0 aliphatic heterocycles. The lowest BCUT2D eigenvalue weighted by Gasteiger charge is -2.14. The Labute approximate surface area is 190 Å². The highest BCUT2D eigenvalue weighted by atomic mass is 15.0. The first-order valence-electron chi connectivity index (χ1n) is 10.8. The van der Waals surface area contributed by atoms with Crippen molar-refractivity contribution in [2.45, 2.75) is 6.54 Å². The van der Waals surface area contributed by atoms with Gasteiger partial charge in [-0.25, -0.2) is 15.0 Å². The third kappa shape index (κ3) is 3.68. The van der Waals surface area contributed by atoms with Gasteiger partial charge in [-0.2, -0.15) is 0 Å². The van der Waals surface area contributed by atoms with E-state index in [4.69, 9.17) is 9.97 Å². The van der Waals surface area contributed by atoms with E-state index in [0.717, 1.165) is 50.1 Å². The van der Waals surface area contributed by atoms with Gasteiger partial charge in [-0.15, -0.1) is 0 Å².